The van der Waals surface area contributed by atoms with E-state index in [1.165, 1.54) is 18.5 Å². The number of piperazine rings is 1. The lowest BCUT2D eigenvalue weighted by atomic mass is 10.2. The van der Waals surface area contributed by atoms with Crippen molar-refractivity contribution in [3.63, 3.8) is 0 Å². The number of nitrogens with zero attached hydrogens (tertiary/aromatic N) is 4. The van der Waals surface area contributed by atoms with Crippen LogP contribution in [0.4, 0.5) is 16.0 Å². The minimum atomic E-state index is -0.257. The summed E-state index contributed by atoms with van der Waals surface area (Å²) in [4.78, 5) is 24.9. The quantitative estimate of drug-likeness (QED) is 0.732. The summed E-state index contributed by atoms with van der Waals surface area (Å²) < 4.78 is 19.1. The van der Waals surface area contributed by atoms with Gasteiger partial charge in [0.05, 0.1) is 24.1 Å². The molecule has 0 saturated carbocycles. The molecule has 3 heterocycles. The number of anilines is 2. The Kier molecular flexibility index (Phi) is 5.18. The Morgan fingerprint density at radius 2 is 1.75 bits per heavy atom. The molecule has 8 heteroatoms. The van der Waals surface area contributed by atoms with Crippen LogP contribution in [0.15, 0.2) is 59.5 Å². The topological polar surface area (TPSA) is 74.5 Å². The van der Waals surface area contributed by atoms with Crippen LogP contribution in [-0.4, -0.2) is 42.1 Å². The average molecular weight is 381 g/mol. The molecule has 1 aliphatic heterocycles. The molecule has 0 bridgehead atoms. The Balaban J connectivity index is 1.33. The lowest BCUT2D eigenvalue weighted by molar-refractivity contribution is 0.0947. The van der Waals surface area contributed by atoms with E-state index in [-0.39, 0.29) is 11.7 Å². The molecule has 7 nitrogen and oxygen atoms in total. The number of hydrogen-bond acceptors (Lipinski definition) is 6. The lowest BCUT2D eigenvalue weighted by Gasteiger charge is -2.36. The number of halogens is 1. The van der Waals surface area contributed by atoms with Crippen molar-refractivity contribution in [2.75, 3.05) is 36.0 Å². The summed E-state index contributed by atoms with van der Waals surface area (Å²) >= 11 is 0. The van der Waals surface area contributed by atoms with Crippen LogP contribution in [0.25, 0.3) is 0 Å². The molecule has 144 valence electrons. The van der Waals surface area contributed by atoms with E-state index in [4.69, 9.17) is 4.42 Å². The Labute approximate surface area is 161 Å². The molecule has 1 aliphatic rings. The van der Waals surface area contributed by atoms with E-state index in [1.54, 1.807) is 30.5 Å². The molecule has 28 heavy (non-hydrogen) atoms. The highest BCUT2D eigenvalue weighted by molar-refractivity contribution is 5.93. The molecule has 1 N–H and O–H groups in total. The zero-order valence-corrected chi connectivity index (χ0v) is 15.2. The zero-order chi connectivity index (χ0) is 19.3. The highest BCUT2D eigenvalue weighted by Crippen LogP contribution is 2.21. The summed E-state index contributed by atoms with van der Waals surface area (Å²) in [6.07, 6.45) is 4.59. The predicted octanol–water partition coefficient (Wildman–Crippen LogP) is 2.47. The van der Waals surface area contributed by atoms with E-state index < -0.39 is 0 Å². The monoisotopic (exact) mass is 381 g/mol. The first-order valence-electron chi connectivity index (χ1n) is 9.08. The second-order valence-corrected chi connectivity index (χ2v) is 6.46. The third-order valence-electron chi connectivity index (χ3n) is 4.66. The Morgan fingerprint density at radius 1 is 1.04 bits per heavy atom. The Morgan fingerprint density at radius 3 is 2.43 bits per heavy atom. The van der Waals surface area contributed by atoms with Gasteiger partial charge in [0.15, 0.2) is 0 Å². The number of furan rings is 1. The number of hydrogen-bond donors (Lipinski definition) is 1. The zero-order valence-electron chi connectivity index (χ0n) is 15.2. The highest BCUT2D eigenvalue weighted by atomic mass is 19.1. The first-order valence-corrected chi connectivity index (χ1v) is 9.08. The number of carbonyl (C=O) groups is 1. The molecular formula is C20H20FN5O2. The molecule has 0 unspecified atom stereocenters. The van der Waals surface area contributed by atoms with Gasteiger partial charge in [0.25, 0.3) is 5.91 Å². The molecule has 0 aliphatic carbocycles. The van der Waals surface area contributed by atoms with E-state index in [9.17, 15) is 9.18 Å². The van der Waals surface area contributed by atoms with E-state index in [2.05, 4.69) is 15.3 Å². The van der Waals surface area contributed by atoms with Crippen LogP contribution in [0.3, 0.4) is 0 Å². The first kappa shape index (κ1) is 18.0. The molecule has 1 fully saturated rings. The van der Waals surface area contributed by atoms with Gasteiger partial charge in [-0.05, 0) is 24.3 Å². The Hall–Kier alpha value is -3.42. The van der Waals surface area contributed by atoms with E-state index in [1.807, 2.05) is 15.9 Å². The summed E-state index contributed by atoms with van der Waals surface area (Å²) in [6, 6.07) is 10.4. The molecule has 0 atom stereocenters. The Bertz CT molecular complexity index is 922. The third-order valence-corrected chi connectivity index (χ3v) is 4.66. The molecule has 0 spiro atoms. The van der Waals surface area contributed by atoms with Gasteiger partial charge >= 0.3 is 0 Å². The normalized spacial score (nSPS) is 14.2. The predicted molar refractivity (Wildman–Crippen MR) is 103 cm³/mol. The molecule has 2 aromatic heterocycles. The van der Waals surface area contributed by atoms with Crippen LogP contribution in [0.2, 0.25) is 0 Å². The number of carbonyl (C=O) groups excluding carboxylic acids is 1. The summed E-state index contributed by atoms with van der Waals surface area (Å²) in [5, 5.41) is 2.76. The number of benzene rings is 1. The largest absolute Gasteiger partial charge is 0.467 e. The van der Waals surface area contributed by atoms with Gasteiger partial charge in [-0.2, -0.15) is 0 Å². The number of aromatic nitrogens is 2. The van der Waals surface area contributed by atoms with Crippen molar-refractivity contribution in [3.05, 3.63) is 72.2 Å². The van der Waals surface area contributed by atoms with Gasteiger partial charge in [0.1, 0.15) is 11.6 Å². The van der Waals surface area contributed by atoms with Crippen LogP contribution in [-0.2, 0) is 6.54 Å². The molecule has 4 rings (SSSR count). The van der Waals surface area contributed by atoms with Crippen molar-refractivity contribution in [1.29, 1.82) is 0 Å². The maximum Gasteiger partial charge on any atom is 0.254 e. The number of nitrogens with one attached hydrogen (secondary N) is 1. The highest BCUT2D eigenvalue weighted by Gasteiger charge is 2.21. The van der Waals surface area contributed by atoms with Gasteiger partial charge in [-0.1, -0.05) is 12.1 Å². The van der Waals surface area contributed by atoms with Gasteiger partial charge in [-0.3, -0.25) is 4.79 Å². The maximum atomic E-state index is 13.9. The second-order valence-electron chi connectivity index (χ2n) is 6.46. The first-order chi connectivity index (χ1) is 13.7. The maximum absolute atomic E-state index is 13.9. The van der Waals surface area contributed by atoms with Gasteiger partial charge in [0, 0.05) is 38.6 Å². The molecular weight excluding hydrogens is 361 g/mol. The van der Waals surface area contributed by atoms with Crippen molar-refractivity contribution in [2.24, 2.45) is 0 Å². The smallest absolute Gasteiger partial charge is 0.254 e. The van der Waals surface area contributed by atoms with Crippen molar-refractivity contribution >= 4 is 17.5 Å². The standard InChI is InChI=1S/C20H20FN5O2/c21-17-5-1-2-6-18(17)25-7-9-26(10-8-25)20-23-12-15(13-24-20)19(27)22-14-16-4-3-11-28-16/h1-6,11-13H,7-10,14H2,(H,22,27). The van der Waals surface area contributed by atoms with Crippen molar-refractivity contribution < 1.29 is 13.6 Å². The van der Waals surface area contributed by atoms with E-state index in [0.29, 0.717) is 55.7 Å². The molecule has 1 aromatic carbocycles. The molecule has 3 aromatic rings. The van der Waals surface area contributed by atoms with Crippen molar-refractivity contribution in [1.82, 2.24) is 15.3 Å². The van der Waals surface area contributed by atoms with Crippen LogP contribution in [0.1, 0.15) is 16.1 Å². The van der Waals surface area contributed by atoms with Crippen molar-refractivity contribution in [3.8, 4) is 0 Å². The minimum absolute atomic E-state index is 0.211. The van der Waals surface area contributed by atoms with Gasteiger partial charge in [0.2, 0.25) is 5.95 Å². The summed E-state index contributed by atoms with van der Waals surface area (Å²) in [5.41, 5.74) is 1.01. The van der Waals surface area contributed by atoms with Gasteiger partial charge < -0.3 is 19.5 Å². The van der Waals surface area contributed by atoms with Crippen LogP contribution in [0.5, 0.6) is 0 Å². The fourth-order valence-corrected chi connectivity index (χ4v) is 3.14. The third kappa shape index (κ3) is 3.95. The fraction of sp³-hybridized carbons (Fsp3) is 0.250. The average Bonchev–Trinajstić information content (AvgIpc) is 3.26. The van der Waals surface area contributed by atoms with Crippen molar-refractivity contribution in [2.45, 2.75) is 6.54 Å². The van der Waals surface area contributed by atoms with Crippen LogP contribution >= 0.6 is 0 Å². The van der Waals surface area contributed by atoms with Gasteiger partial charge in [-0.15, -0.1) is 0 Å². The number of amides is 1. The molecule has 1 saturated heterocycles. The lowest BCUT2D eigenvalue weighted by Crippen LogP contribution is -2.47. The summed E-state index contributed by atoms with van der Waals surface area (Å²) in [7, 11) is 0. The van der Waals surface area contributed by atoms with E-state index in [0.717, 1.165) is 0 Å². The van der Waals surface area contributed by atoms with E-state index >= 15 is 0 Å². The fourth-order valence-electron chi connectivity index (χ4n) is 3.14. The SMILES string of the molecule is O=C(NCc1ccco1)c1cnc(N2CCN(c3ccccc3F)CC2)nc1. The second kappa shape index (κ2) is 8.08. The minimum Gasteiger partial charge on any atom is -0.467 e. The molecule has 1 amide bonds. The number of rotatable bonds is 5. The van der Waals surface area contributed by atoms with Crippen LogP contribution < -0.4 is 15.1 Å². The number of para-hydroxylation sites is 1. The summed E-state index contributed by atoms with van der Waals surface area (Å²) in [6.45, 7) is 3.02. The molecule has 0 radical (unpaired) electrons. The van der Waals surface area contributed by atoms with Gasteiger partial charge in [-0.25, -0.2) is 14.4 Å². The van der Waals surface area contributed by atoms with Crippen LogP contribution in [0, 0.1) is 5.82 Å². The summed E-state index contributed by atoms with van der Waals surface area (Å²) in [5.74, 6) is 0.777.